The third kappa shape index (κ3) is 2.62. The average molecular weight is 355 g/mol. The first kappa shape index (κ1) is 16.7. The molecule has 2 fully saturated rings. The van der Waals surface area contributed by atoms with E-state index in [2.05, 4.69) is 109 Å². The molecule has 4 atom stereocenters. The van der Waals surface area contributed by atoms with Gasteiger partial charge in [0, 0.05) is 0 Å². The number of aryl methyl sites for hydroxylation is 3. The molecular weight excluding hydrogens is 330 g/mol. The van der Waals surface area contributed by atoms with Gasteiger partial charge >= 0.3 is 0 Å². The smallest absolute Gasteiger partial charge is 0.120 e. The molecule has 0 saturated carbocycles. The lowest BCUT2D eigenvalue weighted by atomic mass is 10.0. The average Bonchev–Trinajstić information content (AvgIpc) is 3.28. The lowest BCUT2D eigenvalue weighted by Gasteiger charge is -2.23. The number of hydrogen-bond acceptors (Lipinski definition) is 3. The van der Waals surface area contributed by atoms with Crippen LogP contribution in [0.4, 0.5) is 0 Å². The Labute approximate surface area is 161 Å². The maximum absolute atomic E-state index is 3.88. The zero-order valence-electron chi connectivity index (χ0n) is 16.1. The first-order valence-electron chi connectivity index (χ1n) is 9.66. The molecule has 2 heterocycles. The molecule has 0 spiro atoms. The molecule has 3 aromatic carbocycles. The Morgan fingerprint density at radius 3 is 1.33 bits per heavy atom. The number of benzene rings is 3. The van der Waals surface area contributed by atoms with Crippen LogP contribution < -0.4 is 5.32 Å². The van der Waals surface area contributed by atoms with Crippen LogP contribution >= 0.6 is 0 Å². The van der Waals surface area contributed by atoms with Crippen molar-refractivity contribution in [3.05, 3.63) is 106 Å². The molecule has 0 radical (unpaired) electrons. The summed E-state index contributed by atoms with van der Waals surface area (Å²) in [6.45, 7) is 6.62. The standard InChI is InChI=1S/C24H25N3/c1-16-10-4-7-13-19(16)22-25-23(20-14-8-5-11-17(20)2)27-24(26(22)27)21-15-9-6-12-18(21)3/h4-15,22-25H,1-3H3/t22-,23-,24?,26?,27?/m1/s1. The number of nitrogens with one attached hydrogen (secondary N) is 1. The highest BCUT2D eigenvalue weighted by Gasteiger charge is 2.60. The van der Waals surface area contributed by atoms with E-state index in [0.717, 1.165) is 0 Å². The molecule has 2 aliphatic heterocycles. The third-order valence-electron chi connectivity index (χ3n) is 5.99. The molecule has 136 valence electrons. The van der Waals surface area contributed by atoms with E-state index in [4.69, 9.17) is 0 Å². The fourth-order valence-electron chi connectivity index (χ4n) is 4.46. The van der Waals surface area contributed by atoms with Crippen LogP contribution in [0.25, 0.3) is 0 Å². The van der Waals surface area contributed by atoms with Crippen LogP contribution in [0.3, 0.4) is 0 Å². The van der Waals surface area contributed by atoms with Crippen molar-refractivity contribution < 1.29 is 0 Å². The number of rotatable bonds is 3. The van der Waals surface area contributed by atoms with Crippen molar-refractivity contribution in [3.63, 3.8) is 0 Å². The van der Waals surface area contributed by atoms with E-state index in [0.29, 0.717) is 6.17 Å². The highest BCUT2D eigenvalue weighted by molar-refractivity contribution is 5.38. The maximum Gasteiger partial charge on any atom is 0.120 e. The zero-order valence-corrected chi connectivity index (χ0v) is 16.1. The van der Waals surface area contributed by atoms with Gasteiger partial charge in [-0.15, -0.1) is 0 Å². The fraction of sp³-hybridized carbons (Fsp3) is 0.250. The van der Waals surface area contributed by atoms with Gasteiger partial charge in [0.2, 0.25) is 0 Å². The minimum absolute atomic E-state index is 0.195. The predicted molar refractivity (Wildman–Crippen MR) is 109 cm³/mol. The minimum atomic E-state index is 0.195. The summed E-state index contributed by atoms with van der Waals surface area (Å²) in [5.74, 6) is 0. The van der Waals surface area contributed by atoms with Gasteiger partial charge in [-0.1, -0.05) is 72.8 Å². The van der Waals surface area contributed by atoms with Gasteiger partial charge in [0.05, 0.1) is 0 Å². The molecule has 2 unspecified atom stereocenters. The molecule has 5 rings (SSSR count). The van der Waals surface area contributed by atoms with Crippen molar-refractivity contribution in [1.29, 1.82) is 0 Å². The Balaban J connectivity index is 1.59. The van der Waals surface area contributed by atoms with Crippen molar-refractivity contribution >= 4 is 0 Å². The van der Waals surface area contributed by atoms with Gasteiger partial charge in [0.15, 0.2) is 0 Å². The Bertz CT molecular complexity index is 939. The number of hydrazine groups is 1. The van der Waals surface area contributed by atoms with Crippen molar-refractivity contribution in [1.82, 2.24) is 15.3 Å². The molecule has 27 heavy (non-hydrogen) atoms. The third-order valence-corrected chi connectivity index (χ3v) is 5.99. The quantitative estimate of drug-likeness (QED) is 0.656. The zero-order chi connectivity index (χ0) is 18.5. The molecule has 0 amide bonds. The number of fused-ring (bicyclic) bond motifs is 1. The van der Waals surface area contributed by atoms with E-state index >= 15 is 0 Å². The molecule has 0 aliphatic carbocycles. The summed E-state index contributed by atoms with van der Waals surface area (Å²) in [5, 5.41) is 8.88. The summed E-state index contributed by atoms with van der Waals surface area (Å²) < 4.78 is 0. The molecule has 3 heteroatoms. The first-order valence-corrected chi connectivity index (χ1v) is 9.66. The van der Waals surface area contributed by atoms with E-state index in [-0.39, 0.29) is 12.3 Å². The Kier molecular flexibility index (Phi) is 3.90. The van der Waals surface area contributed by atoms with Gasteiger partial charge in [0.25, 0.3) is 0 Å². The van der Waals surface area contributed by atoms with Gasteiger partial charge < -0.3 is 0 Å². The number of hydrogen-bond donors (Lipinski definition) is 1. The maximum atomic E-state index is 3.88. The predicted octanol–water partition coefficient (Wildman–Crippen LogP) is 5.14. The number of nitrogens with zero attached hydrogens (tertiary/aromatic N) is 2. The highest BCUT2D eigenvalue weighted by atomic mass is 15.9. The Hall–Kier alpha value is -2.46. The van der Waals surface area contributed by atoms with Gasteiger partial charge in [0.1, 0.15) is 18.5 Å². The normalized spacial score (nSPS) is 28.8. The van der Waals surface area contributed by atoms with Crippen molar-refractivity contribution in [2.45, 2.75) is 39.3 Å². The van der Waals surface area contributed by atoms with E-state index in [1.54, 1.807) is 0 Å². The highest BCUT2D eigenvalue weighted by Crippen LogP contribution is 2.57. The van der Waals surface area contributed by atoms with Crippen LogP contribution in [0.1, 0.15) is 51.9 Å². The second kappa shape index (κ2) is 6.31. The first-order chi connectivity index (χ1) is 13.2. The second-order valence-corrected chi connectivity index (χ2v) is 7.68. The minimum Gasteiger partial charge on any atom is -0.276 e. The lowest BCUT2D eigenvalue weighted by Crippen LogP contribution is -2.28. The monoisotopic (exact) mass is 355 g/mol. The molecule has 2 aliphatic rings. The Morgan fingerprint density at radius 2 is 0.926 bits per heavy atom. The van der Waals surface area contributed by atoms with Crippen LogP contribution in [0.5, 0.6) is 0 Å². The molecular formula is C24H25N3. The lowest BCUT2D eigenvalue weighted by molar-refractivity contribution is 0.313. The molecule has 0 aromatic heterocycles. The van der Waals surface area contributed by atoms with Crippen molar-refractivity contribution in [2.24, 2.45) is 0 Å². The van der Waals surface area contributed by atoms with E-state index in [9.17, 15) is 0 Å². The summed E-state index contributed by atoms with van der Waals surface area (Å²) in [4.78, 5) is 0. The van der Waals surface area contributed by atoms with E-state index in [1.807, 2.05) is 0 Å². The van der Waals surface area contributed by atoms with Gasteiger partial charge in [-0.3, -0.25) is 5.32 Å². The van der Waals surface area contributed by atoms with Crippen LogP contribution in [-0.2, 0) is 0 Å². The van der Waals surface area contributed by atoms with Gasteiger partial charge in [-0.25, -0.2) is 0 Å². The largest absolute Gasteiger partial charge is 0.276 e. The molecule has 2 saturated heterocycles. The van der Waals surface area contributed by atoms with Crippen molar-refractivity contribution in [2.75, 3.05) is 0 Å². The van der Waals surface area contributed by atoms with E-state index < -0.39 is 0 Å². The fourth-order valence-corrected chi connectivity index (χ4v) is 4.46. The summed E-state index contributed by atoms with van der Waals surface area (Å²) in [5.41, 5.74) is 8.12. The Morgan fingerprint density at radius 1 is 0.556 bits per heavy atom. The van der Waals surface area contributed by atoms with Crippen LogP contribution in [-0.4, -0.2) is 10.0 Å². The van der Waals surface area contributed by atoms with E-state index in [1.165, 1.54) is 33.4 Å². The van der Waals surface area contributed by atoms with Gasteiger partial charge in [-0.2, -0.15) is 10.0 Å². The summed E-state index contributed by atoms with van der Waals surface area (Å²) in [7, 11) is 0. The van der Waals surface area contributed by atoms with Crippen LogP contribution in [0.15, 0.2) is 72.8 Å². The molecule has 3 nitrogen and oxygen atoms in total. The van der Waals surface area contributed by atoms with Crippen LogP contribution in [0.2, 0.25) is 0 Å². The molecule has 0 bridgehead atoms. The summed E-state index contributed by atoms with van der Waals surface area (Å²) in [6, 6.07) is 26.2. The van der Waals surface area contributed by atoms with Crippen molar-refractivity contribution in [3.8, 4) is 0 Å². The summed E-state index contributed by atoms with van der Waals surface area (Å²) in [6.07, 6.45) is 0.711. The second-order valence-electron chi connectivity index (χ2n) is 7.68. The molecule has 1 N–H and O–H groups in total. The topological polar surface area (TPSA) is 18.0 Å². The molecule has 3 aromatic rings. The SMILES string of the molecule is Cc1ccccc1C1N2[C@H](c3ccccc3C)N[C@@H](c3ccccc3C)N12. The van der Waals surface area contributed by atoms with Crippen LogP contribution in [0, 0.1) is 20.8 Å². The summed E-state index contributed by atoms with van der Waals surface area (Å²) >= 11 is 0. The van der Waals surface area contributed by atoms with Gasteiger partial charge in [-0.05, 0) is 54.2 Å².